The number of pyridine rings is 1. The fraction of sp³-hybridized carbons (Fsp3) is 0.364. The molecule has 0 bridgehead atoms. The van der Waals surface area contributed by atoms with Crippen LogP contribution in [0.4, 0.5) is 17.6 Å². The van der Waals surface area contributed by atoms with Crippen LogP contribution in [0.5, 0.6) is 5.88 Å². The summed E-state index contributed by atoms with van der Waals surface area (Å²) in [5.41, 5.74) is -0.394. The van der Waals surface area contributed by atoms with Gasteiger partial charge in [-0.1, -0.05) is 6.07 Å². The van der Waals surface area contributed by atoms with Crippen LogP contribution in [-0.2, 0) is 4.79 Å². The van der Waals surface area contributed by atoms with Gasteiger partial charge < -0.3 is 15.2 Å². The molecule has 21 heavy (non-hydrogen) atoms. The first-order chi connectivity index (χ1) is 9.73. The van der Waals surface area contributed by atoms with Crippen LogP contribution < -0.4 is 10.1 Å². The molecule has 1 amide bonds. The fourth-order valence-electron chi connectivity index (χ4n) is 1.18. The van der Waals surface area contributed by atoms with Crippen LogP contribution in [0.3, 0.4) is 0 Å². The van der Waals surface area contributed by atoms with Crippen molar-refractivity contribution >= 4 is 11.9 Å². The monoisotopic (exact) mass is 310 g/mol. The van der Waals surface area contributed by atoms with Gasteiger partial charge in [-0.2, -0.15) is 13.2 Å². The number of nitrogens with one attached hydrogen (secondary N) is 1. The number of hydrogen-bond donors (Lipinski definition) is 2. The molecule has 0 aliphatic heterocycles. The summed E-state index contributed by atoms with van der Waals surface area (Å²) in [6.45, 7) is -2.93. The molecule has 0 aliphatic carbocycles. The van der Waals surface area contributed by atoms with Crippen LogP contribution >= 0.6 is 0 Å². The predicted molar refractivity (Wildman–Crippen MR) is 60.7 cm³/mol. The number of halogens is 4. The molecule has 0 spiro atoms. The maximum absolute atomic E-state index is 12.3. The molecular weight excluding hydrogens is 300 g/mol. The summed E-state index contributed by atoms with van der Waals surface area (Å²) in [7, 11) is 0. The molecule has 10 heteroatoms. The molecule has 1 atom stereocenters. The molecule has 6 nitrogen and oxygen atoms in total. The first-order valence-electron chi connectivity index (χ1n) is 5.49. The lowest BCUT2D eigenvalue weighted by molar-refractivity contribution is -0.154. The average Bonchev–Trinajstić information content (AvgIpc) is 2.41. The number of aliphatic carboxylic acids is 1. The van der Waals surface area contributed by atoms with E-state index in [2.05, 4.69) is 9.72 Å². The molecule has 0 radical (unpaired) electrons. The molecule has 0 saturated carbocycles. The quantitative estimate of drug-likeness (QED) is 0.770. The Hall–Kier alpha value is -2.39. The minimum atomic E-state index is -4.57. The zero-order valence-corrected chi connectivity index (χ0v) is 10.4. The minimum absolute atomic E-state index is 0.394. The summed E-state index contributed by atoms with van der Waals surface area (Å²) in [6.07, 6.45) is -4.57. The van der Waals surface area contributed by atoms with Crippen LogP contribution in [0.2, 0.25) is 0 Å². The van der Waals surface area contributed by atoms with Crippen LogP contribution in [0.1, 0.15) is 10.5 Å². The van der Waals surface area contributed by atoms with E-state index >= 15 is 0 Å². The number of ether oxygens (including phenoxy) is 1. The van der Waals surface area contributed by atoms with Crippen molar-refractivity contribution in [1.82, 2.24) is 10.3 Å². The van der Waals surface area contributed by atoms with E-state index in [1.807, 2.05) is 5.32 Å². The van der Waals surface area contributed by atoms with E-state index < -0.39 is 49.0 Å². The van der Waals surface area contributed by atoms with Gasteiger partial charge in [0.1, 0.15) is 12.4 Å². The van der Waals surface area contributed by atoms with Gasteiger partial charge in [0.15, 0.2) is 12.6 Å². The van der Waals surface area contributed by atoms with Gasteiger partial charge in [0, 0.05) is 6.07 Å². The highest BCUT2D eigenvalue weighted by Crippen LogP contribution is 2.17. The number of carboxylic acids is 1. The summed E-state index contributed by atoms with van der Waals surface area (Å²) in [4.78, 5) is 25.6. The standard InChI is InChI=1S/C11H10F4N2O4/c12-4-7(10(19)20)17-9(18)6-2-1-3-8(16-6)21-5-11(13,14)15/h1-3,7H,4-5H2,(H,17,18)(H,19,20). The van der Waals surface area contributed by atoms with E-state index in [0.29, 0.717) is 0 Å². The summed E-state index contributed by atoms with van der Waals surface area (Å²) in [5.74, 6) is -3.10. The van der Waals surface area contributed by atoms with Crippen molar-refractivity contribution in [2.75, 3.05) is 13.3 Å². The number of hydrogen-bond acceptors (Lipinski definition) is 4. The number of alkyl halides is 4. The Morgan fingerprint density at radius 3 is 2.57 bits per heavy atom. The molecule has 116 valence electrons. The maximum atomic E-state index is 12.3. The molecule has 0 fully saturated rings. The second kappa shape index (κ2) is 6.86. The second-order valence-electron chi connectivity index (χ2n) is 3.78. The van der Waals surface area contributed by atoms with Crippen molar-refractivity contribution in [2.45, 2.75) is 12.2 Å². The van der Waals surface area contributed by atoms with E-state index in [9.17, 15) is 27.2 Å². The van der Waals surface area contributed by atoms with Crippen LogP contribution in [-0.4, -0.2) is 47.5 Å². The molecule has 1 unspecified atom stereocenters. The highest BCUT2D eigenvalue weighted by molar-refractivity contribution is 5.95. The Morgan fingerprint density at radius 1 is 1.38 bits per heavy atom. The van der Waals surface area contributed by atoms with Gasteiger partial charge in [-0.25, -0.2) is 14.2 Å². The Morgan fingerprint density at radius 2 is 2.05 bits per heavy atom. The lowest BCUT2D eigenvalue weighted by Gasteiger charge is -2.11. The third-order valence-corrected chi connectivity index (χ3v) is 2.10. The first kappa shape index (κ1) is 16.7. The highest BCUT2D eigenvalue weighted by atomic mass is 19.4. The molecule has 1 rings (SSSR count). The van der Waals surface area contributed by atoms with E-state index in [0.717, 1.165) is 12.1 Å². The number of carbonyl (C=O) groups excluding carboxylic acids is 1. The third kappa shape index (κ3) is 5.63. The molecule has 0 aromatic carbocycles. The Labute approximate surface area is 115 Å². The first-order valence-corrected chi connectivity index (χ1v) is 5.49. The summed E-state index contributed by atoms with van der Waals surface area (Å²) in [6, 6.07) is 1.64. The van der Waals surface area contributed by atoms with Crippen LogP contribution in [0.25, 0.3) is 0 Å². The van der Waals surface area contributed by atoms with E-state index in [-0.39, 0.29) is 0 Å². The van der Waals surface area contributed by atoms with Gasteiger partial charge in [0.05, 0.1) is 0 Å². The SMILES string of the molecule is O=C(NC(CF)C(=O)O)c1cccc(OCC(F)(F)F)n1. The fourth-order valence-corrected chi connectivity index (χ4v) is 1.18. The smallest absolute Gasteiger partial charge is 0.422 e. The Bertz CT molecular complexity index is 521. The average molecular weight is 310 g/mol. The lowest BCUT2D eigenvalue weighted by atomic mass is 10.3. The zero-order valence-electron chi connectivity index (χ0n) is 10.4. The number of carboxylic acid groups (broad SMARTS) is 1. The van der Waals surface area contributed by atoms with Crippen LogP contribution in [0, 0.1) is 0 Å². The van der Waals surface area contributed by atoms with Crippen molar-refractivity contribution in [1.29, 1.82) is 0 Å². The third-order valence-electron chi connectivity index (χ3n) is 2.10. The zero-order chi connectivity index (χ0) is 16.0. The molecular formula is C11H10F4N2O4. The summed E-state index contributed by atoms with van der Waals surface area (Å²) < 4.78 is 52.6. The number of aromatic nitrogens is 1. The van der Waals surface area contributed by atoms with Gasteiger partial charge in [-0.3, -0.25) is 4.79 Å². The van der Waals surface area contributed by atoms with Gasteiger partial charge in [0.2, 0.25) is 5.88 Å². The molecule has 0 aliphatic rings. The number of amides is 1. The van der Waals surface area contributed by atoms with Gasteiger partial charge >= 0.3 is 12.1 Å². The largest absolute Gasteiger partial charge is 0.480 e. The molecule has 1 aromatic heterocycles. The van der Waals surface area contributed by atoms with E-state index in [1.165, 1.54) is 6.07 Å². The van der Waals surface area contributed by atoms with Crippen LogP contribution in [0.15, 0.2) is 18.2 Å². The number of rotatable bonds is 6. The van der Waals surface area contributed by atoms with Crippen molar-refractivity contribution in [3.63, 3.8) is 0 Å². The normalized spacial score (nSPS) is 12.6. The highest BCUT2D eigenvalue weighted by Gasteiger charge is 2.29. The number of carbonyl (C=O) groups is 2. The molecule has 2 N–H and O–H groups in total. The van der Waals surface area contributed by atoms with Crippen molar-refractivity contribution in [2.24, 2.45) is 0 Å². The minimum Gasteiger partial charge on any atom is -0.480 e. The Balaban J connectivity index is 2.75. The second-order valence-corrected chi connectivity index (χ2v) is 3.78. The Kier molecular flexibility index (Phi) is 5.44. The maximum Gasteiger partial charge on any atom is 0.422 e. The van der Waals surface area contributed by atoms with Gasteiger partial charge in [-0.15, -0.1) is 0 Å². The van der Waals surface area contributed by atoms with Crippen molar-refractivity contribution < 1.29 is 37.0 Å². The summed E-state index contributed by atoms with van der Waals surface area (Å²) >= 11 is 0. The van der Waals surface area contributed by atoms with E-state index in [1.54, 1.807) is 0 Å². The van der Waals surface area contributed by atoms with Gasteiger partial charge in [-0.05, 0) is 6.07 Å². The lowest BCUT2D eigenvalue weighted by Crippen LogP contribution is -2.42. The molecule has 1 heterocycles. The van der Waals surface area contributed by atoms with Gasteiger partial charge in [0.25, 0.3) is 5.91 Å². The predicted octanol–water partition coefficient (Wildman–Crippen LogP) is 1.18. The topological polar surface area (TPSA) is 88.5 Å². The summed E-state index contributed by atoms with van der Waals surface area (Å²) in [5, 5.41) is 10.4. The molecule has 1 aromatic rings. The van der Waals surface area contributed by atoms with Crippen molar-refractivity contribution in [3.8, 4) is 5.88 Å². The number of nitrogens with zero attached hydrogens (tertiary/aromatic N) is 1. The molecule has 0 saturated heterocycles. The van der Waals surface area contributed by atoms with Crippen molar-refractivity contribution in [3.05, 3.63) is 23.9 Å². The van der Waals surface area contributed by atoms with E-state index in [4.69, 9.17) is 5.11 Å².